The number of H-pyrrole nitrogens is 1. The molecule has 1 aromatic heterocycles. The van der Waals surface area contributed by atoms with E-state index in [1.54, 1.807) is 6.20 Å². The Morgan fingerprint density at radius 3 is 2.48 bits per heavy atom. The number of halogens is 2. The van der Waals surface area contributed by atoms with Gasteiger partial charge >= 0.3 is 0 Å². The van der Waals surface area contributed by atoms with Crippen LogP contribution in [0.1, 0.15) is 30.0 Å². The predicted octanol–water partition coefficient (Wildman–Crippen LogP) is 6.21. The Morgan fingerprint density at radius 2 is 1.74 bits per heavy atom. The first-order chi connectivity index (χ1) is 13.2. The van der Waals surface area contributed by atoms with Crippen LogP contribution in [-0.4, -0.2) is 10.2 Å². The Balaban J connectivity index is 2.02. The summed E-state index contributed by atoms with van der Waals surface area (Å²) < 4.78 is 28.0. The Hall–Kier alpha value is -3.27. The topological polar surface area (TPSA) is 28.7 Å². The number of aromatic amines is 1. The fourth-order valence-corrected chi connectivity index (χ4v) is 3.45. The molecule has 0 saturated carbocycles. The molecule has 0 spiro atoms. The summed E-state index contributed by atoms with van der Waals surface area (Å²) in [6, 6.07) is 19.6. The van der Waals surface area contributed by atoms with Crippen LogP contribution in [0.3, 0.4) is 0 Å². The number of aromatic nitrogens is 2. The van der Waals surface area contributed by atoms with Gasteiger partial charge in [0.25, 0.3) is 0 Å². The third kappa shape index (κ3) is 3.26. The molecule has 2 nitrogen and oxygen atoms in total. The monoisotopic (exact) mass is 360 g/mol. The van der Waals surface area contributed by atoms with Crippen molar-refractivity contribution in [3.8, 4) is 0 Å². The van der Waals surface area contributed by atoms with Crippen LogP contribution in [0.2, 0.25) is 0 Å². The van der Waals surface area contributed by atoms with Gasteiger partial charge in [0.1, 0.15) is 11.6 Å². The molecule has 134 valence electrons. The van der Waals surface area contributed by atoms with Gasteiger partial charge in [0.15, 0.2) is 0 Å². The molecule has 0 atom stereocenters. The fourth-order valence-electron chi connectivity index (χ4n) is 3.45. The van der Waals surface area contributed by atoms with Crippen molar-refractivity contribution in [1.82, 2.24) is 10.2 Å². The molecule has 0 aliphatic rings. The molecule has 0 aliphatic heterocycles. The molecule has 0 radical (unpaired) electrons. The van der Waals surface area contributed by atoms with Crippen molar-refractivity contribution in [2.45, 2.75) is 13.3 Å². The average Bonchev–Trinajstić information content (AvgIpc) is 3.15. The van der Waals surface area contributed by atoms with Gasteiger partial charge in [-0.3, -0.25) is 5.10 Å². The molecule has 0 aliphatic carbocycles. The maximum absolute atomic E-state index is 14.6. The van der Waals surface area contributed by atoms with Gasteiger partial charge in [-0.1, -0.05) is 43.3 Å². The van der Waals surface area contributed by atoms with E-state index in [0.717, 1.165) is 39.2 Å². The zero-order chi connectivity index (χ0) is 18.8. The molecule has 0 fully saturated rings. The standard InChI is InChI=1S/C23H18F2N2/c1-2-19(20-10-9-18(24)13-21(20)25)23(15-6-4-3-5-7-15)16-8-11-22-17(12-16)14-26-27-22/h3-14H,2H2,1H3,(H,26,27)/b23-19+. The Kier molecular flexibility index (Phi) is 4.55. The summed E-state index contributed by atoms with van der Waals surface area (Å²) in [5.74, 6) is -1.13. The van der Waals surface area contributed by atoms with Crippen LogP contribution in [0.25, 0.3) is 22.0 Å². The summed E-state index contributed by atoms with van der Waals surface area (Å²) in [6.07, 6.45) is 2.38. The molecular formula is C23H18F2N2. The first-order valence-corrected chi connectivity index (χ1v) is 8.85. The molecule has 4 heteroatoms. The Morgan fingerprint density at radius 1 is 0.926 bits per heavy atom. The number of fused-ring (bicyclic) bond motifs is 1. The number of benzene rings is 3. The average molecular weight is 360 g/mol. The van der Waals surface area contributed by atoms with E-state index in [9.17, 15) is 8.78 Å². The van der Waals surface area contributed by atoms with Crippen LogP contribution in [-0.2, 0) is 0 Å². The Labute approximate surface area is 156 Å². The van der Waals surface area contributed by atoms with E-state index in [4.69, 9.17) is 0 Å². The predicted molar refractivity (Wildman–Crippen MR) is 105 cm³/mol. The van der Waals surface area contributed by atoms with Crippen molar-refractivity contribution in [2.24, 2.45) is 0 Å². The molecule has 27 heavy (non-hydrogen) atoms. The van der Waals surface area contributed by atoms with Gasteiger partial charge in [-0.15, -0.1) is 0 Å². The van der Waals surface area contributed by atoms with E-state index >= 15 is 0 Å². The number of allylic oxidation sites excluding steroid dienone is 1. The first-order valence-electron chi connectivity index (χ1n) is 8.85. The Bertz CT molecular complexity index is 1130. The number of rotatable bonds is 4. The third-order valence-electron chi connectivity index (χ3n) is 4.70. The molecule has 4 rings (SSSR count). The normalized spacial score (nSPS) is 12.3. The summed E-state index contributed by atoms with van der Waals surface area (Å²) >= 11 is 0. The number of nitrogens with one attached hydrogen (secondary N) is 1. The highest BCUT2D eigenvalue weighted by molar-refractivity contribution is 6.00. The lowest BCUT2D eigenvalue weighted by Gasteiger charge is -2.17. The lowest BCUT2D eigenvalue weighted by atomic mass is 9.87. The molecule has 0 bridgehead atoms. The van der Waals surface area contributed by atoms with Gasteiger partial charge in [0.05, 0.1) is 11.7 Å². The van der Waals surface area contributed by atoms with E-state index in [2.05, 4.69) is 10.2 Å². The highest BCUT2D eigenvalue weighted by Crippen LogP contribution is 2.36. The van der Waals surface area contributed by atoms with Crippen molar-refractivity contribution < 1.29 is 8.78 Å². The van der Waals surface area contributed by atoms with E-state index in [1.165, 1.54) is 12.1 Å². The zero-order valence-corrected chi connectivity index (χ0v) is 14.8. The summed E-state index contributed by atoms with van der Waals surface area (Å²) in [6.45, 7) is 1.98. The lowest BCUT2D eigenvalue weighted by Crippen LogP contribution is -1.98. The van der Waals surface area contributed by atoms with Crippen molar-refractivity contribution in [3.63, 3.8) is 0 Å². The minimum Gasteiger partial charge on any atom is -0.278 e. The van der Waals surface area contributed by atoms with Crippen LogP contribution in [0.15, 0.2) is 72.9 Å². The van der Waals surface area contributed by atoms with Gasteiger partial charge in [-0.2, -0.15) is 5.10 Å². The quantitative estimate of drug-likeness (QED) is 0.431. The minimum absolute atomic E-state index is 0.421. The van der Waals surface area contributed by atoms with Crippen LogP contribution < -0.4 is 0 Å². The fraction of sp³-hybridized carbons (Fsp3) is 0.0870. The van der Waals surface area contributed by atoms with Gasteiger partial charge in [0.2, 0.25) is 0 Å². The van der Waals surface area contributed by atoms with Gasteiger partial charge in [-0.05, 0) is 53.0 Å². The molecular weight excluding hydrogens is 342 g/mol. The molecule has 0 unspecified atom stereocenters. The number of nitrogens with zero attached hydrogens (tertiary/aromatic N) is 1. The van der Waals surface area contributed by atoms with Crippen LogP contribution >= 0.6 is 0 Å². The molecule has 1 heterocycles. The van der Waals surface area contributed by atoms with Gasteiger partial charge in [0, 0.05) is 17.0 Å². The first kappa shape index (κ1) is 17.2. The van der Waals surface area contributed by atoms with E-state index in [1.807, 2.05) is 55.5 Å². The largest absolute Gasteiger partial charge is 0.278 e. The summed E-state index contributed by atoms with van der Waals surface area (Å²) in [5, 5.41) is 8.01. The SMILES string of the molecule is CC/C(=C(/c1ccccc1)c1ccc2[nH]ncc2c1)c1ccc(F)cc1F. The van der Waals surface area contributed by atoms with E-state index < -0.39 is 11.6 Å². The lowest BCUT2D eigenvalue weighted by molar-refractivity contribution is 0.580. The van der Waals surface area contributed by atoms with Crippen LogP contribution in [0.5, 0.6) is 0 Å². The van der Waals surface area contributed by atoms with Gasteiger partial charge in [-0.25, -0.2) is 8.78 Å². The molecule has 4 aromatic rings. The zero-order valence-electron chi connectivity index (χ0n) is 14.8. The minimum atomic E-state index is -0.576. The summed E-state index contributed by atoms with van der Waals surface area (Å²) in [7, 11) is 0. The second-order valence-electron chi connectivity index (χ2n) is 6.37. The van der Waals surface area contributed by atoms with Crippen molar-refractivity contribution in [1.29, 1.82) is 0 Å². The summed E-state index contributed by atoms with van der Waals surface area (Å²) in [5.41, 5.74) is 5.09. The van der Waals surface area contributed by atoms with Crippen molar-refractivity contribution in [2.75, 3.05) is 0 Å². The molecule has 0 saturated heterocycles. The summed E-state index contributed by atoms with van der Waals surface area (Å²) in [4.78, 5) is 0. The number of hydrogen-bond acceptors (Lipinski definition) is 1. The molecule has 3 aromatic carbocycles. The van der Waals surface area contributed by atoms with Crippen molar-refractivity contribution >= 4 is 22.0 Å². The van der Waals surface area contributed by atoms with E-state index in [0.29, 0.717) is 12.0 Å². The maximum atomic E-state index is 14.6. The third-order valence-corrected chi connectivity index (χ3v) is 4.70. The highest BCUT2D eigenvalue weighted by Gasteiger charge is 2.16. The van der Waals surface area contributed by atoms with Crippen molar-refractivity contribution in [3.05, 3.63) is 101 Å². The smallest absolute Gasteiger partial charge is 0.133 e. The van der Waals surface area contributed by atoms with Crippen LogP contribution in [0.4, 0.5) is 8.78 Å². The van der Waals surface area contributed by atoms with E-state index in [-0.39, 0.29) is 0 Å². The second-order valence-corrected chi connectivity index (χ2v) is 6.37. The maximum Gasteiger partial charge on any atom is 0.133 e. The van der Waals surface area contributed by atoms with Gasteiger partial charge < -0.3 is 0 Å². The second kappa shape index (κ2) is 7.16. The van der Waals surface area contributed by atoms with Crippen LogP contribution in [0, 0.1) is 11.6 Å². The highest BCUT2D eigenvalue weighted by atomic mass is 19.1. The number of hydrogen-bond donors (Lipinski definition) is 1. The molecule has 0 amide bonds. The molecule has 1 N–H and O–H groups in total.